The normalized spacial score (nSPS) is 15.6. The summed E-state index contributed by atoms with van der Waals surface area (Å²) in [5, 5.41) is -0.535. The maximum Gasteiger partial charge on any atom is 0.247 e. The largest absolute Gasteiger partial charge is 0.437 e. The van der Waals surface area contributed by atoms with Crippen LogP contribution in [0.5, 0.6) is 11.6 Å². The molecule has 0 radical (unpaired) electrons. The number of fused-ring (bicyclic) bond motifs is 1. The van der Waals surface area contributed by atoms with Crippen LogP contribution in [0.2, 0.25) is 5.02 Å². The molecule has 0 bridgehead atoms. The van der Waals surface area contributed by atoms with Crippen molar-refractivity contribution in [1.29, 1.82) is 0 Å². The average molecular weight is 403 g/mol. The van der Waals surface area contributed by atoms with Gasteiger partial charge in [-0.05, 0) is 30.7 Å². The van der Waals surface area contributed by atoms with Gasteiger partial charge in [0.1, 0.15) is 27.2 Å². The number of benzene rings is 1. The Balaban J connectivity index is 2.15. The number of ether oxygens (including phenoxy) is 1. The Labute approximate surface area is 155 Å². The van der Waals surface area contributed by atoms with E-state index in [0.717, 1.165) is 12.8 Å². The second kappa shape index (κ2) is 7.36. The van der Waals surface area contributed by atoms with E-state index in [1.165, 1.54) is 24.3 Å². The molecule has 26 heavy (non-hydrogen) atoms. The van der Waals surface area contributed by atoms with Gasteiger partial charge >= 0.3 is 0 Å². The summed E-state index contributed by atoms with van der Waals surface area (Å²) in [4.78, 5) is 5.20. The lowest BCUT2D eigenvalue weighted by atomic mass is 10.2. The van der Waals surface area contributed by atoms with Crippen molar-refractivity contribution in [3.8, 4) is 11.6 Å². The van der Waals surface area contributed by atoms with Crippen LogP contribution in [0.25, 0.3) is 0 Å². The first-order valence-corrected chi connectivity index (χ1v) is 10.2. The monoisotopic (exact) mass is 402 g/mol. The molecule has 140 valence electrons. The third kappa shape index (κ3) is 3.61. The minimum atomic E-state index is -3.77. The van der Waals surface area contributed by atoms with E-state index >= 15 is 0 Å². The molecule has 2 aromatic rings. The summed E-state index contributed by atoms with van der Waals surface area (Å²) in [6, 6.07) is 5.06. The van der Waals surface area contributed by atoms with E-state index < -0.39 is 26.6 Å². The number of aromatic nitrogens is 1. The molecule has 9 heteroatoms. The van der Waals surface area contributed by atoms with Crippen molar-refractivity contribution in [3.63, 3.8) is 0 Å². The molecule has 0 N–H and O–H groups in total. The summed E-state index contributed by atoms with van der Waals surface area (Å²) in [6.07, 6.45) is 1.71. The topological polar surface area (TPSA) is 59.5 Å². The Morgan fingerprint density at radius 3 is 2.62 bits per heavy atom. The highest BCUT2D eigenvalue weighted by atomic mass is 35.5. The Bertz CT molecular complexity index is 921. The summed E-state index contributed by atoms with van der Waals surface area (Å²) in [5.41, 5.74) is 0.153. The van der Waals surface area contributed by atoms with Crippen molar-refractivity contribution in [2.45, 2.75) is 24.7 Å². The van der Waals surface area contributed by atoms with E-state index in [1.54, 1.807) is 4.90 Å². The van der Waals surface area contributed by atoms with Crippen LogP contribution >= 0.6 is 11.6 Å². The first-order chi connectivity index (χ1) is 12.3. The van der Waals surface area contributed by atoms with E-state index in [2.05, 4.69) is 4.98 Å². The Morgan fingerprint density at radius 1 is 1.27 bits per heavy atom. The van der Waals surface area contributed by atoms with E-state index in [1.807, 2.05) is 6.92 Å². The summed E-state index contributed by atoms with van der Waals surface area (Å²) >= 11 is 5.94. The van der Waals surface area contributed by atoms with Gasteiger partial charge in [0.05, 0.1) is 5.75 Å². The van der Waals surface area contributed by atoms with E-state index in [9.17, 15) is 17.2 Å². The number of sulfone groups is 1. The molecule has 0 atom stereocenters. The predicted molar refractivity (Wildman–Crippen MR) is 94.9 cm³/mol. The Hall–Kier alpha value is -1.93. The van der Waals surface area contributed by atoms with Crippen LogP contribution in [-0.2, 0) is 9.84 Å². The maximum absolute atomic E-state index is 14.2. The van der Waals surface area contributed by atoms with Crippen LogP contribution in [0.4, 0.5) is 14.5 Å². The van der Waals surface area contributed by atoms with Gasteiger partial charge in [-0.25, -0.2) is 12.8 Å². The van der Waals surface area contributed by atoms with Crippen LogP contribution in [0.3, 0.4) is 0 Å². The first kappa shape index (κ1) is 18.8. The molecule has 2 heterocycles. The predicted octanol–water partition coefficient (Wildman–Crippen LogP) is 4.20. The van der Waals surface area contributed by atoms with Gasteiger partial charge in [-0.2, -0.15) is 9.37 Å². The SMILES string of the molecule is CCCCN1CCS(=O)(=O)c2c(Cl)c(F)nc(Oc3ccc(F)cc3)c21. The van der Waals surface area contributed by atoms with E-state index in [0.29, 0.717) is 6.54 Å². The third-order valence-electron chi connectivity index (χ3n) is 4.06. The summed E-state index contributed by atoms with van der Waals surface area (Å²) in [6.45, 7) is 2.80. The zero-order valence-electron chi connectivity index (χ0n) is 14.0. The second-order valence-electron chi connectivity index (χ2n) is 5.91. The van der Waals surface area contributed by atoms with Gasteiger partial charge in [-0.3, -0.25) is 0 Å². The molecule has 5 nitrogen and oxygen atoms in total. The van der Waals surface area contributed by atoms with Crippen molar-refractivity contribution in [3.05, 3.63) is 41.1 Å². The molecule has 1 aromatic carbocycles. The molecule has 0 amide bonds. The highest BCUT2D eigenvalue weighted by Crippen LogP contribution is 2.44. The minimum Gasteiger partial charge on any atom is -0.437 e. The quantitative estimate of drug-likeness (QED) is 0.701. The maximum atomic E-state index is 14.2. The smallest absolute Gasteiger partial charge is 0.247 e. The average Bonchev–Trinajstić information content (AvgIpc) is 2.59. The highest BCUT2D eigenvalue weighted by molar-refractivity contribution is 7.91. The number of pyridine rings is 1. The van der Waals surface area contributed by atoms with E-state index in [4.69, 9.17) is 16.3 Å². The number of anilines is 1. The fourth-order valence-corrected chi connectivity index (χ4v) is 4.77. The van der Waals surface area contributed by atoms with Crippen molar-refractivity contribution in [1.82, 2.24) is 4.98 Å². The van der Waals surface area contributed by atoms with Gasteiger partial charge in [0.2, 0.25) is 11.8 Å². The molecule has 1 aliphatic heterocycles. The van der Waals surface area contributed by atoms with Crippen LogP contribution in [0, 0.1) is 11.8 Å². The molecule has 1 aromatic heterocycles. The molecular formula is C17H17ClF2N2O3S. The Kier molecular flexibility index (Phi) is 5.34. The number of unbranched alkanes of at least 4 members (excludes halogenated alkanes) is 1. The standard InChI is InChI=1S/C17H17ClF2N2O3S/c1-2-3-8-22-9-10-26(23,24)15-13(18)16(20)21-17(14(15)22)25-12-6-4-11(19)5-7-12/h4-7H,2-3,8-10H2,1H3. The van der Waals surface area contributed by atoms with Crippen molar-refractivity contribution in [2.24, 2.45) is 0 Å². The van der Waals surface area contributed by atoms with Gasteiger partial charge in [0.15, 0.2) is 9.84 Å². The van der Waals surface area contributed by atoms with Crippen LogP contribution in [-0.4, -0.2) is 32.2 Å². The van der Waals surface area contributed by atoms with Crippen molar-refractivity contribution < 1.29 is 21.9 Å². The first-order valence-electron chi connectivity index (χ1n) is 8.13. The number of hydrogen-bond acceptors (Lipinski definition) is 5. The lowest BCUT2D eigenvalue weighted by Gasteiger charge is -2.32. The van der Waals surface area contributed by atoms with Gasteiger partial charge < -0.3 is 9.64 Å². The molecule has 3 rings (SSSR count). The van der Waals surface area contributed by atoms with Crippen LogP contribution in [0.1, 0.15) is 19.8 Å². The zero-order chi connectivity index (χ0) is 18.9. The fourth-order valence-electron chi connectivity index (χ4n) is 2.75. The summed E-state index contributed by atoms with van der Waals surface area (Å²) in [5.74, 6) is -1.73. The molecule has 0 fully saturated rings. The molecule has 0 saturated heterocycles. The number of halogens is 3. The fraction of sp³-hybridized carbons (Fsp3) is 0.353. The van der Waals surface area contributed by atoms with Gasteiger partial charge in [0, 0.05) is 13.1 Å². The number of hydrogen-bond donors (Lipinski definition) is 0. The van der Waals surface area contributed by atoms with E-state index in [-0.39, 0.29) is 34.5 Å². The summed E-state index contributed by atoms with van der Waals surface area (Å²) < 4.78 is 57.9. The van der Waals surface area contributed by atoms with Gasteiger partial charge in [-0.15, -0.1) is 0 Å². The number of nitrogens with zero attached hydrogens (tertiary/aromatic N) is 2. The minimum absolute atomic E-state index is 0.153. The molecule has 1 aliphatic rings. The molecular weight excluding hydrogens is 386 g/mol. The van der Waals surface area contributed by atoms with Gasteiger partial charge in [0.25, 0.3) is 0 Å². The highest BCUT2D eigenvalue weighted by Gasteiger charge is 2.36. The lowest BCUT2D eigenvalue weighted by Crippen LogP contribution is -2.37. The molecule has 0 saturated carbocycles. The molecule has 0 aliphatic carbocycles. The van der Waals surface area contributed by atoms with Crippen molar-refractivity contribution in [2.75, 3.05) is 23.7 Å². The van der Waals surface area contributed by atoms with Crippen molar-refractivity contribution >= 4 is 27.1 Å². The van der Waals surface area contributed by atoms with Gasteiger partial charge in [-0.1, -0.05) is 24.9 Å². The van der Waals surface area contributed by atoms with Crippen LogP contribution < -0.4 is 9.64 Å². The molecule has 0 spiro atoms. The number of rotatable bonds is 5. The Morgan fingerprint density at radius 2 is 1.96 bits per heavy atom. The third-order valence-corrected chi connectivity index (χ3v) is 6.26. The lowest BCUT2D eigenvalue weighted by molar-refractivity contribution is 0.438. The molecule has 0 unspecified atom stereocenters. The zero-order valence-corrected chi connectivity index (χ0v) is 15.6. The van der Waals surface area contributed by atoms with Crippen LogP contribution in [0.15, 0.2) is 29.2 Å². The second-order valence-corrected chi connectivity index (χ2v) is 8.34. The summed E-state index contributed by atoms with van der Waals surface area (Å²) in [7, 11) is -3.77.